The van der Waals surface area contributed by atoms with E-state index in [9.17, 15) is 5.11 Å². The zero-order chi connectivity index (χ0) is 26.0. The van der Waals surface area contributed by atoms with Gasteiger partial charge in [0.15, 0.2) is 0 Å². The Morgan fingerprint density at radius 2 is 1.69 bits per heavy atom. The first-order valence-corrected chi connectivity index (χ1v) is 12.5. The number of aliphatic hydroxyl groups is 2. The van der Waals surface area contributed by atoms with E-state index in [2.05, 4.69) is 15.9 Å². The van der Waals surface area contributed by atoms with E-state index in [1.165, 1.54) is 0 Å². The molecule has 2 N–H and O–H groups in total. The molecule has 1 saturated heterocycles. The smallest absolute Gasteiger partial charge is 0.121 e. The van der Waals surface area contributed by atoms with E-state index in [4.69, 9.17) is 38.3 Å². The molecule has 0 aromatic heterocycles. The lowest BCUT2D eigenvalue weighted by Crippen LogP contribution is -2.50. The summed E-state index contributed by atoms with van der Waals surface area (Å²) in [5.41, 5.74) is 1.23. The molecule has 0 spiro atoms. The van der Waals surface area contributed by atoms with Gasteiger partial charge in [-0.1, -0.05) is 53.5 Å². The first-order chi connectivity index (χ1) is 17.3. The van der Waals surface area contributed by atoms with Gasteiger partial charge in [-0.05, 0) is 48.9 Å². The van der Waals surface area contributed by atoms with Crippen molar-refractivity contribution in [1.82, 2.24) is 4.90 Å². The van der Waals surface area contributed by atoms with E-state index in [1.807, 2.05) is 48.5 Å². The molecule has 1 heterocycles. The van der Waals surface area contributed by atoms with Crippen molar-refractivity contribution in [2.24, 2.45) is 0 Å². The standard InChI is InChI=1S/C22H26ClN3O3.C6H5Cl/c1-22(28,18-4-2-3-17(13-18)15-24)16-25-7-9-26(10-8-25)21-6-5-19(14-20(21)23)29-12-11-27;7-6-4-2-1-3-5-6/h2-6,13-14,27-28H,7-12,16H2,1H3;1-5H/t22-;/m1./s1. The summed E-state index contributed by atoms with van der Waals surface area (Å²) in [6, 6.07) is 24.3. The molecular weight excluding hydrogens is 497 g/mol. The number of aliphatic hydroxyl groups excluding tert-OH is 1. The van der Waals surface area contributed by atoms with Gasteiger partial charge in [-0.3, -0.25) is 4.90 Å². The Morgan fingerprint density at radius 3 is 2.28 bits per heavy atom. The van der Waals surface area contributed by atoms with Crippen molar-refractivity contribution in [3.63, 3.8) is 0 Å². The Bertz CT molecular complexity index is 1140. The zero-order valence-electron chi connectivity index (χ0n) is 20.3. The van der Waals surface area contributed by atoms with Crippen LogP contribution in [0.4, 0.5) is 5.69 Å². The van der Waals surface area contributed by atoms with Gasteiger partial charge in [-0.15, -0.1) is 0 Å². The maximum absolute atomic E-state index is 11.0. The molecule has 0 bridgehead atoms. The molecule has 0 saturated carbocycles. The van der Waals surface area contributed by atoms with Crippen molar-refractivity contribution >= 4 is 28.9 Å². The van der Waals surface area contributed by atoms with Crippen LogP contribution in [0.3, 0.4) is 0 Å². The lowest BCUT2D eigenvalue weighted by Gasteiger charge is -2.39. The highest BCUT2D eigenvalue weighted by molar-refractivity contribution is 6.33. The number of hydrogen-bond acceptors (Lipinski definition) is 6. The Labute approximate surface area is 222 Å². The first-order valence-electron chi connectivity index (χ1n) is 11.8. The first kappa shape index (κ1) is 27.8. The van der Waals surface area contributed by atoms with Gasteiger partial charge in [-0.2, -0.15) is 5.26 Å². The summed E-state index contributed by atoms with van der Waals surface area (Å²) in [6.45, 7) is 5.68. The maximum Gasteiger partial charge on any atom is 0.121 e. The zero-order valence-corrected chi connectivity index (χ0v) is 21.8. The van der Waals surface area contributed by atoms with Crippen LogP contribution in [0.5, 0.6) is 5.75 Å². The number of rotatable bonds is 7. The molecule has 0 radical (unpaired) electrons. The SMILES string of the molecule is C[C@@](O)(CN1CCN(c2ccc(OCCO)cc2Cl)CC1)c1cccc(C#N)c1.Clc1ccccc1. The summed E-state index contributed by atoms with van der Waals surface area (Å²) in [5, 5.41) is 30.3. The van der Waals surface area contributed by atoms with Crippen LogP contribution in [-0.4, -0.2) is 61.1 Å². The Hall–Kier alpha value is -2.79. The second kappa shape index (κ2) is 13.5. The number of piperazine rings is 1. The largest absolute Gasteiger partial charge is 0.491 e. The van der Waals surface area contributed by atoms with E-state index in [0.717, 1.165) is 42.5 Å². The summed E-state index contributed by atoms with van der Waals surface area (Å²) >= 11 is 12.0. The Morgan fingerprint density at radius 1 is 0.972 bits per heavy atom. The van der Waals surface area contributed by atoms with Crippen LogP contribution in [0.2, 0.25) is 10.0 Å². The second-order valence-electron chi connectivity index (χ2n) is 8.71. The fourth-order valence-corrected chi connectivity index (χ4v) is 4.44. The number of β-amino-alcohol motifs (C(OH)–C–C–N with tert-alkyl or cyclic N) is 1. The molecule has 0 amide bonds. The third-order valence-corrected chi connectivity index (χ3v) is 6.43. The van der Waals surface area contributed by atoms with Gasteiger partial charge in [0.2, 0.25) is 0 Å². The molecule has 1 aliphatic heterocycles. The molecule has 8 heteroatoms. The van der Waals surface area contributed by atoms with Crippen molar-refractivity contribution in [2.75, 3.05) is 50.8 Å². The molecule has 3 aromatic carbocycles. The van der Waals surface area contributed by atoms with Gasteiger partial charge in [0.25, 0.3) is 0 Å². The molecule has 36 heavy (non-hydrogen) atoms. The van der Waals surface area contributed by atoms with Gasteiger partial charge in [0, 0.05) is 43.8 Å². The van der Waals surface area contributed by atoms with E-state index >= 15 is 0 Å². The quantitative estimate of drug-likeness (QED) is 0.452. The average molecular weight is 528 g/mol. The van der Waals surface area contributed by atoms with Crippen LogP contribution >= 0.6 is 23.2 Å². The highest BCUT2D eigenvalue weighted by Crippen LogP contribution is 2.31. The van der Waals surface area contributed by atoms with Crippen molar-refractivity contribution in [2.45, 2.75) is 12.5 Å². The highest BCUT2D eigenvalue weighted by atomic mass is 35.5. The fraction of sp³-hybridized carbons (Fsp3) is 0.321. The van der Waals surface area contributed by atoms with Crippen molar-refractivity contribution in [1.29, 1.82) is 5.26 Å². The van der Waals surface area contributed by atoms with Crippen molar-refractivity contribution in [3.05, 3.63) is 94.0 Å². The normalized spacial score (nSPS) is 15.3. The van der Waals surface area contributed by atoms with Crippen LogP contribution in [0, 0.1) is 11.3 Å². The van der Waals surface area contributed by atoms with Crippen LogP contribution in [0.15, 0.2) is 72.8 Å². The molecule has 3 aromatic rings. The molecule has 1 atom stereocenters. The van der Waals surface area contributed by atoms with Crippen LogP contribution < -0.4 is 9.64 Å². The van der Waals surface area contributed by atoms with Crippen LogP contribution in [0.1, 0.15) is 18.1 Å². The fourth-order valence-electron chi connectivity index (χ4n) is 4.01. The average Bonchev–Trinajstić information content (AvgIpc) is 2.89. The second-order valence-corrected chi connectivity index (χ2v) is 9.55. The maximum atomic E-state index is 11.0. The van der Waals surface area contributed by atoms with Gasteiger partial charge in [0.05, 0.1) is 34.6 Å². The minimum atomic E-state index is -1.03. The number of anilines is 1. The molecule has 1 aliphatic rings. The Balaban J connectivity index is 0.000000444. The van der Waals surface area contributed by atoms with Crippen molar-refractivity contribution < 1.29 is 14.9 Å². The van der Waals surface area contributed by atoms with Gasteiger partial charge in [0.1, 0.15) is 12.4 Å². The topological polar surface area (TPSA) is 80.0 Å². The Kier molecular flexibility index (Phi) is 10.4. The van der Waals surface area contributed by atoms with E-state index in [-0.39, 0.29) is 13.2 Å². The van der Waals surface area contributed by atoms with Crippen LogP contribution in [-0.2, 0) is 5.60 Å². The van der Waals surface area contributed by atoms with Crippen molar-refractivity contribution in [3.8, 4) is 11.8 Å². The summed E-state index contributed by atoms with van der Waals surface area (Å²) in [7, 11) is 0. The number of halogens is 2. The van der Waals surface area contributed by atoms with E-state index < -0.39 is 5.60 Å². The molecule has 0 aliphatic carbocycles. The third-order valence-electron chi connectivity index (χ3n) is 5.87. The summed E-state index contributed by atoms with van der Waals surface area (Å²) < 4.78 is 5.40. The number of ether oxygens (including phenoxy) is 1. The minimum absolute atomic E-state index is 0.0358. The predicted octanol–water partition coefficient (Wildman–Crippen LogP) is 4.95. The summed E-state index contributed by atoms with van der Waals surface area (Å²) in [5.74, 6) is 0.641. The number of nitriles is 1. The predicted molar refractivity (Wildman–Crippen MR) is 145 cm³/mol. The lowest BCUT2D eigenvalue weighted by atomic mass is 9.93. The van der Waals surface area contributed by atoms with Gasteiger partial charge >= 0.3 is 0 Å². The van der Waals surface area contributed by atoms with E-state index in [0.29, 0.717) is 22.9 Å². The summed E-state index contributed by atoms with van der Waals surface area (Å²) in [4.78, 5) is 4.45. The number of benzene rings is 3. The number of nitrogens with zero attached hydrogens (tertiary/aromatic N) is 3. The molecule has 0 unspecified atom stereocenters. The summed E-state index contributed by atoms with van der Waals surface area (Å²) in [6.07, 6.45) is 0. The number of hydrogen-bond donors (Lipinski definition) is 2. The van der Waals surface area contributed by atoms with Gasteiger partial charge in [-0.25, -0.2) is 0 Å². The highest BCUT2D eigenvalue weighted by Gasteiger charge is 2.29. The molecular formula is C28H31Cl2N3O3. The monoisotopic (exact) mass is 527 g/mol. The molecule has 6 nitrogen and oxygen atoms in total. The molecule has 4 rings (SSSR count). The van der Waals surface area contributed by atoms with Crippen LogP contribution in [0.25, 0.3) is 0 Å². The molecule has 1 fully saturated rings. The third kappa shape index (κ3) is 8.12. The van der Waals surface area contributed by atoms with E-state index in [1.54, 1.807) is 31.2 Å². The minimum Gasteiger partial charge on any atom is -0.491 e. The lowest BCUT2D eigenvalue weighted by molar-refractivity contribution is 0.0143. The van der Waals surface area contributed by atoms with Gasteiger partial charge < -0.3 is 19.8 Å². The molecule has 190 valence electrons.